The molecular formula is C22H26ClN5O4S. The lowest BCUT2D eigenvalue weighted by Crippen LogP contribution is -2.34. The maximum absolute atomic E-state index is 13.5. The van der Waals surface area contributed by atoms with Gasteiger partial charge in [0.05, 0.1) is 47.4 Å². The minimum Gasteiger partial charge on any atom is -0.379 e. The Morgan fingerprint density at radius 2 is 2.15 bits per heavy atom. The fraction of sp³-hybridized carbons (Fsp3) is 0.455. The average Bonchev–Trinajstić information content (AvgIpc) is 3.34. The molecule has 0 aromatic carbocycles. The van der Waals surface area contributed by atoms with Crippen molar-refractivity contribution in [2.45, 2.75) is 50.1 Å². The summed E-state index contributed by atoms with van der Waals surface area (Å²) in [4.78, 5) is 26.7. The van der Waals surface area contributed by atoms with E-state index in [4.69, 9.17) is 16.3 Å². The number of allylic oxidation sites excluding steroid dienone is 1. The molecule has 0 saturated carbocycles. The molecule has 0 radical (unpaired) electrons. The maximum Gasteiger partial charge on any atom is 0.293 e. The predicted octanol–water partition coefficient (Wildman–Crippen LogP) is 3.01. The number of fused-ring (bicyclic) bond motifs is 1. The molecule has 2 aromatic heterocycles. The van der Waals surface area contributed by atoms with Gasteiger partial charge in [0.1, 0.15) is 10.9 Å². The number of ether oxygens (including phenoxy) is 1. The summed E-state index contributed by atoms with van der Waals surface area (Å²) in [6.07, 6.45) is 6.14. The van der Waals surface area contributed by atoms with Crippen LogP contribution >= 0.6 is 11.6 Å². The second kappa shape index (κ2) is 9.74. The number of aromatic nitrogens is 3. The molecule has 0 spiro atoms. The third-order valence-electron chi connectivity index (χ3n) is 5.84. The first-order valence-corrected chi connectivity index (χ1v) is 12.9. The Morgan fingerprint density at radius 1 is 1.33 bits per heavy atom. The van der Waals surface area contributed by atoms with E-state index in [1.165, 1.54) is 12.3 Å². The van der Waals surface area contributed by atoms with Crippen molar-refractivity contribution < 1.29 is 13.2 Å². The number of pyridine rings is 1. The molecule has 4 rings (SSSR count). The molecule has 0 bridgehead atoms. The van der Waals surface area contributed by atoms with Crippen LogP contribution in [0.3, 0.4) is 0 Å². The molecule has 2 aliphatic heterocycles. The Hall–Kier alpha value is -2.56. The van der Waals surface area contributed by atoms with Crippen LogP contribution in [-0.4, -0.2) is 48.1 Å². The number of anilines is 1. The number of nitrogens with zero attached hydrogens (tertiary/aromatic N) is 4. The molecule has 0 aliphatic carbocycles. The maximum atomic E-state index is 13.5. The Kier molecular flexibility index (Phi) is 6.96. The van der Waals surface area contributed by atoms with Gasteiger partial charge < -0.3 is 14.6 Å². The van der Waals surface area contributed by atoms with Crippen LogP contribution in [0.5, 0.6) is 0 Å². The molecule has 2 unspecified atom stereocenters. The van der Waals surface area contributed by atoms with Crippen molar-refractivity contribution in [3.8, 4) is 0 Å². The van der Waals surface area contributed by atoms with Crippen molar-refractivity contribution in [2.75, 3.05) is 24.3 Å². The predicted molar refractivity (Wildman–Crippen MR) is 127 cm³/mol. The van der Waals surface area contributed by atoms with Crippen molar-refractivity contribution in [3.05, 3.63) is 57.0 Å². The highest BCUT2D eigenvalue weighted by atomic mass is 35.5. The fourth-order valence-corrected chi connectivity index (χ4v) is 4.92. The molecule has 9 nitrogen and oxygen atoms in total. The summed E-state index contributed by atoms with van der Waals surface area (Å²) in [5, 5.41) is 3.46. The van der Waals surface area contributed by atoms with Gasteiger partial charge in [0.15, 0.2) is 15.7 Å². The highest BCUT2D eigenvalue weighted by Gasteiger charge is 2.28. The number of sulfone groups is 1. The quantitative estimate of drug-likeness (QED) is 0.617. The highest BCUT2D eigenvalue weighted by Crippen LogP contribution is 2.29. The van der Waals surface area contributed by atoms with Crippen molar-refractivity contribution in [1.29, 1.82) is 0 Å². The first kappa shape index (κ1) is 23.6. The normalized spacial score (nSPS) is 20.6. The van der Waals surface area contributed by atoms with E-state index >= 15 is 0 Å². The summed E-state index contributed by atoms with van der Waals surface area (Å²) in [7, 11) is -3.32. The lowest BCUT2D eigenvalue weighted by atomic mass is 9.99. The standard InChI is InChI=1S/C22H26ClN5O4S/c1-3-33(30,31)17-6-5-15(24-11-17)10-26-21-22(29)28(16-8-9-32-13-16)20-14(2)4-7-19(23)25-12-18(20)27-21/h5-7,11-12,14,16H,3-4,8-10,13H2,1-2H3,(H,26,27). The summed E-state index contributed by atoms with van der Waals surface area (Å²) in [6, 6.07) is 3.06. The summed E-state index contributed by atoms with van der Waals surface area (Å²) in [6.45, 7) is 4.90. The first-order chi connectivity index (χ1) is 15.8. The van der Waals surface area contributed by atoms with Crippen LogP contribution in [-0.2, 0) is 21.1 Å². The van der Waals surface area contributed by atoms with Gasteiger partial charge in [-0.3, -0.25) is 9.78 Å². The number of rotatable bonds is 6. The zero-order valence-corrected chi connectivity index (χ0v) is 20.1. The van der Waals surface area contributed by atoms with Gasteiger partial charge in [0.2, 0.25) is 0 Å². The minimum atomic E-state index is -3.32. The lowest BCUT2D eigenvalue weighted by Gasteiger charge is -2.25. The van der Waals surface area contributed by atoms with E-state index in [-0.39, 0.29) is 40.5 Å². The zero-order valence-electron chi connectivity index (χ0n) is 18.5. The molecule has 2 aromatic rings. The second-order valence-corrected chi connectivity index (χ2v) is 10.8. The number of hydrogen-bond donors (Lipinski definition) is 1. The van der Waals surface area contributed by atoms with Gasteiger partial charge in [-0.15, -0.1) is 0 Å². The van der Waals surface area contributed by atoms with Crippen LogP contribution < -0.4 is 10.9 Å². The van der Waals surface area contributed by atoms with Gasteiger partial charge in [0, 0.05) is 18.7 Å². The van der Waals surface area contributed by atoms with E-state index in [2.05, 4.69) is 20.3 Å². The molecule has 1 saturated heterocycles. The molecule has 33 heavy (non-hydrogen) atoms. The van der Waals surface area contributed by atoms with Crippen molar-refractivity contribution in [3.63, 3.8) is 0 Å². The molecule has 11 heteroatoms. The molecule has 176 valence electrons. The van der Waals surface area contributed by atoms with Gasteiger partial charge in [0.25, 0.3) is 5.56 Å². The van der Waals surface area contributed by atoms with Gasteiger partial charge in [-0.05, 0) is 31.1 Å². The van der Waals surface area contributed by atoms with E-state index in [9.17, 15) is 13.2 Å². The summed E-state index contributed by atoms with van der Waals surface area (Å²) in [5.74, 6) is 0.201. The Morgan fingerprint density at radius 3 is 2.82 bits per heavy atom. The Labute approximate surface area is 197 Å². The summed E-state index contributed by atoms with van der Waals surface area (Å²) in [5.41, 5.74) is 1.75. The SMILES string of the molecule is CCS(=O)(=O)c1ccc(CNc2nc3c(n(C4CCOC4)c2=O)C(C)CC=C(Cl)N=C3)nc1. The molecule has 2 aliphatic rings. The number of halogens is 1. The van der Waals surface area contributed by atoms with E-state index in [1.54, 1.807) is 23.8 Å². The van der Waals surface area contributed by atoms with Crippen LogP contribution in [0.4, 0.5) is 5.82 Å². The number of nitrogens with one attached hydrogen (secondary N) is 1. The monoisotopic (exact) mass is 491 g/mol. The van der Waals surface area contributed by atoms with Gasteiger partial charge in [-0.2, -0.15) is 0 Å². The van der Waals surface area contributed by atoms with Gasteiger partial charge in [-0.25, -0.2) is 18.4 Å². The van der Waals surface area contributed by atoms with Crippen LogP contribution in [0.1, 0.15) is 55.7 Å². The molecule has 2 atom stereocenters. The average molecular weight is 492 g/mol. The first-order valence-electron chi connectivity index (χ1n) is 10.9. The number of hydrogen-bond acceptors (Lipinski definition) is 8. The third kappa shape index (κ3) is 5.02. The van der Waals surface area contributed by atoms with Gasteiger partial charge in [-0.1, -0.05) is 25.4 Å². The molecule has 1 fully saturated rings. The minimum absolute atomic E-state index is 0.00886. The van der Waals surface area contributed by atoms with E-state index < -0.39 is 9.84 Å². The Bertz CT molecular complexity index is 1250. The van der Waals surface area contributed by atoms with Crippen molar-refractivity contribution in [2.24, 2.45) is 4.99 Å². The second-order valence-electron chi connectivity index (χ2n) is 8.09. The van der Waals surface area contributed by atoms with Crippen molar-refractivity contribution >= 4 is 33.5 Å². The largest absolute Gasteiger partial charge is 0.379 e. The highest BCUT2D eigenvalue weighted by molar-refractivity contribution is 7.91. The van der Waals surface area contributed by atoms with E-state index in [0.29, 0.717) is 36.2 Å². The molecule has 1 N–H and O–H groups in total. The van der Waals surface area contributed by atoms with Gasteiger partial charge >= 0.3 is 0 Å². The molecular weight excluding hydrogens is 466 g/mol. The topological polar surface area (TPSA) is 116 Å². The van der Waals surface area contributed by atoms with Crippen LogP contribution in [0, 0.1) is 0 Å². The van der Waals surface area contributed by atoms with Crippen LogP contribution in [0.15, 0.2) is 44.2 Å². The molecule has 4 heterocycles. The number of aliphatic imine (C=N–C) groups is 1. The van der Waals surface area contributed by atoms with Crippen LogP contribution in [0.2, 0.25) is 0 Å². The fourth-order valence-electron chi connectivity index (χ4n) is 3.96. The Balaban J connectivity index is 1.69. The summed E-state index contributed by atoms with van der Waals surface area (Å²) >= 11 is 6.14. The van der Waals surface area contributed by atoms with Crippen molar-refractivity contribution in [1.82, 2.24) is 14.5 Å². The third-order valence-corrected chi connectivity index (χ3v) is 7.81. The smallest absolute Gasteiger partial charge is 0.293 e. The van der Waals surface area contributed by atoms with E-state index in [1.807, 2.05) is 13.0 Å². The zero-order chi connectivity index (χ0) is 23.6. The summed E-state index contributed by atoms with van der Waals surface area (Å²) < 4.78 is 31.3. The lowest BCUT2D eigenvalue weighted by molar-refractivity contribution is 0.185. The molecule has 0 amide bonds. The van der Waals surface area contributed by atoms with E-state index in [0.717, 1.165) is 12.1 Å². The van der Waals surface area contributed by atoms with Crippen LogP contribution in [0.25, 0.3) is 0 Å².